The lowest BCUT2D eigenvalue weighted by Crippen LogP contribution is -2.60. The number of unbranched alkanes of at least 4 members (excludes halogenated alkanes) is 2. The van der Waals surface area contributed by atoms with E-state index in [0.29, 0.717) is 0 Å². The van der Waals surface area contributed by atoms with Crippen LogP contribution in [0, 0.1) is 0 Å². The molecule has 30 heavy (non-hydrogen) atoms. The first-order valence-corrected chi connectivity index (χ1v) is 8.63. The van der Waals surface area contributed by atoms with Gasteiger partial charge in [0, 0.05) is 13.0 Å². The monoisotopic (exact) mass is 468 g/mol. The van der Waals surface area contributed by atoms with Crippen LogP contribution in [0.5, 0.6) is 0 Å². The van der Waals surface area contributed by atoms with Crippen molar-refractivity contribution >= 4 is 0 Å². The molecule has 0 unspecified atom stereocenters. The fourth-order valence-electron chi connectivity index (χ4n) is 2.60. The molecule has 5 atom stereocenters. The van der Waals surface area contributed by atoms with Gasteiger partial charge in [0.1, 0.15) is 24.4 Å². The van der Waals surface area contributed by atoms with Gasteiger partial charge in [0.05, 0.1) is 6.61 Å². The van der Waals surface area contributed by atoms with Gasteiger partial charge in [-0.15, -0.1) is 0 Å². The van der Waals surface area contributed by atoms with Crippen LogP contribution < -0.4 is 0 Å². The lowest BCUT2D eigenvalue weighted by molar-refractivity contribution is -0.396. The second-order valence-corrected chi connectivity index (χ2v) is 6.73. The van der Waals surface area contributed by atoms with Crippen molar-refractivity contribution in [3.63, 3.8) is 0 Å². The highest BCUT2D eigenvalue weighted by atomic mass is 19.4. The summed E-state index contributed by atoms with van der Waals surface area (Å²) in [5.41, 5.74) is 0. The first kappa shape index (κ1) is 27.2. The molecule has 0 saturated carbocycles. The van der Waals surface area contributed by atoms with Crippen LogP contribution in [0.2, 0.25) is 0 Å². The molecule has 0 aliphatic carbocycles. The first-order chi connectivity index (χ1) is 13.5. The van der Waals surface area contributed by atoms with Gasteiger partial charge in [0.2, 0.25) is 0 Å². The van der Waals surface area contributed by atoms with E-state index in [-0.39, 0.29) is 19.4 Å². The third kappa shape index (κ3) is 5.48. The number of hydrogen-bond acceptors (Lipinski definition) is 6. The SMILES string of the molecule is OC[C@H]1O[C@@H](OCCCCCC(F)(F)C(F)(F)C(F)(F)C(F)(F)F)[C@H](O)[C@@H](O)[C@@H]1O. The number of aliphatic hydroxyl groups is 4. The van der Waals surface area contributed by atoms with E-state index in [4.69, 9.17) is 14.6 Å². The maximum absolute atomic E-state index is 13.4. The fourth-order valence-corrected chi connectivity index (χ4v) is 2.60. The van der Waals surface area contributed by atoms with Crippen molar-refractivity contribution in [3.8, 4) is 0 Å². The lowest BCUT2D eigenvalue weighted by Gasteiger charge is -2.39. The molecule has 180 valence electrons. The second-order valence-electron chi connectivity index (χ2n) is 6.73. The van der Waals surface area contributed by atoms with Crippen LogP contribution in [0.15, 0.2) is 0 Å². The summed E-state index contributed by atoms with van der Waals surface area (Å²) in [5, 5.41) is 37.8. The second kappa shape index (κ2) is 9.73. The van der Waals surface area contributed by atoms with Gasteiger partial charge >= 0.3 is 23.9 Å². The molecule has 1 fully saturated rings. The molecule has 0 aromatic heterocycles. The van der Waals surface area contributed by atoms with Gasteiger partial charge < -0.3 is 29.9 Å². The largest absolute Gasteiger partial charge is 0.460 e. The van der Waals surface area contributed by atoms with Gasteiger partial charge in [0.15, 0.2) is 6.29 Å². The van der Waals surface area contributed by atoms with Crippen molar-refractivity contribution in [1.29, 1.82) is 0 Å². The zero-order valence-corrected chi connectivity index (χ0v) is 15.1. The summed E-state index contributed by atoms with van der Waals surface area (Å²) in [6.45, 7) is -1.11. The summed E-state index contributed by atoms with van der Waals surface area (Å²) >= 11 is 0. The Kier molecular flexibility index (Phi) is 8.81. The van der Waals surface area contributed by atoms with E-state index in [1.165, 1.54) is 0 Å². The lowest BCUT2D eigenvalue weighted by atomic mass is 9.98. The summed E-state index contributed by atoms with van der Waals surface area (Å²) in [5.74, 6) is -19.2. The molecule has 1 heterocycles. The molecule has 1 aliphatic heterocycles. The van der Waals surface area contributed by atoms with E-state index in [1.807, 2.05) is 0 Å². The number of halogens is 9. The minimum atomic E-state index is -6.92. The molecule has 6 nitrogen and oxygen atoms in total. The Labute approximate surface area is 164 Å². The average Bonchev–Trinajstić information content (AvgIpc) is 2.62. The molecule has 0 spiro atoms. The predicted molar refractivity (Wildman–Crippen MR) is 79.1 cm³/mol. The zero-order chi connectivity index (χ0) is 23.5. The molecule has 1 aliphatic rings. The van der Waals surface area contributed by atoms with Gasteiger partial charge in [-0.25, -0.2) is 0 Å². The topological polar surface area (TPSA) is 99.4 Å². The van der Waals surface area contributed by atoms with Gasteiger partial charge in [0.25, 0.3) is 0 Å². The van der Waals surface area contributed by atoms with Crippen molar-refractivity contribution in [2.45, 2.75) is 80.3 Å². The van der Waals surface area contributed by atoms with E-state index in [1.54, 1.807) is 0 Å². The third-order valence-corrected chi connectivity index (χ3v) is 4.48. The summed E-state index contributed by atoms with van der Waals surface area (Å²) in [6.07, 6.45) is -18.1. The van der Waals surface area contributed by atoms with Crippen molar-refractivity contribution in [2.75, 3.05) is 13.2 Å². The van der Waals surface area contributed by atoms with E-state index in [2.05, 4.69) is 0 Å². The maximum Gasteiger partial charge on any atom is 0.460 e. The maximum atomic E-state index is 13.4. The van der Waals surface area contributed by atoms with Crippen LogP contribution in [-0.2, 0) is 9.47 Å². The molecule has 1 rings (SSSR count). The number of aliphatic hydroxyl groups excluding tert-OH is 4. The highest BCUT2D eigenvalue weighted by molar-refractivity contribution is 5.00. The fraction of sp³-hybridized carbons (Fsp3) is 1.00. The first-order valence-electron chi connectivity index (χ1n) is 8.63. The highest BCUT2D eigenvalue weighted by Crippen LogP contribution is 2.54. The molecule has 0 aromatic rings. The standard InChI is InChI=1S/C15H21F9O6/c16-12(17,13(18,19)14(20,21)15(22,23)24)4-2-1-3-5-29-11-10(28)9(27)8(26)7(6-25)30-11/h7-11,25-28H,1-6H2/t7-,8-,9+,10-,11-/m1/s1. The van der Waals surface area contributed by atoms with Gasteiger partial charge in [-0.05, 0) is 12.8 Å². The molecule has 1 saturated heterocycles. The summed E-state index contributed by atoms with van der Waals surface area (Å²) in [6, 6.07) is 0. The van der Waals surface area contributed by atoms with Gasteiger partial charge in [-0.2, -0.15) is 39.5 Å². The Morgan fingerprint density at radius 2 is 1.30 bits per heavy atom. The molecule has 0 amide bonds. The Hall–Kier alpha value is -0.870. The quantitative estimate of drug-likeness (QED) is 0.289. The van der Waals surface area contributed by atoms with E-state index >= 15 is 0 Å². The van der Waals surface area contributed by atoms with Crippen LogP contribution in [0.1, 0.15) is 25.7 Å². The predicted octanol–water partition coefficient (Wildman–Crippen LogP) is 1.83. The van der Waals surface area contributed by atoms with E-state index in [0.717, 1.165) is 0 Å². The van der Waals surface area contributed by atoms with Crippen molar-refractivity contribution in [2.24, 2.45) is 0 Å². The minimum absolute atomic E-state index is 0.174. The van der Waals surface area contributed by atoms with E-state index in [9.17, 15) is 54.8 Å². The molecule has 0 bridgehead atoms. The number of rotatable bonds is 10. The Balaban J connectivity index is 2.48. The van der Waals surface area contributed by atoms with Gasteiger partial charge in [-0.3, -0.25) is 0 Å². The van der Waals surface area contributed by atoms with Crippen molar-refractivity contribution in [1.82, 2.24) is 0 Å². The minimum Gasteiger partial charge on any atom is -0.394 e. The smallest absolute Gasteiger partial charge is 0.394 e. The molecular formula is C15H21F9O6. The van der Waals surface area contributed by atoms with E-state index < -0.39 is 74.1 Å². The summed E-state index contributed by atoms with van der Waals surface area (Å²) in [4.78, 5) is 0. The van der Waals surface area contributed by atoms with Crippen LogP contribution in [0.3, 0.4) is 0 Å². The molecule has 15 heteroatoms. The number of alkyl halides is 9. The van der Waals surface area contributed by atoms with Crippen molar-refractivity contribution < 1.29 is 69.4 Å². The van der Waals surface area contributed by atoms with Gasteiger partial charge in [-0.1, -0.05) is 6.42 Å². The van der Waals surface area contributed by atoms with Crippen molar-refractivity contribution in [3.05, 3.63) is 0 Å². The molecular weight excluding hydrogens is 447 g/mol. The third-order valence-electron chi connectivity index (χ3n) is 4.48. The Bertz CT molecular complexity index is 543. The summed E-state index contributed by atoms with van der Waals surface area (Å²) in [7, 11) is 0. The highest BCUT2D eigenvalue weighted by Gasteiger charge is 2.81. The van der Waals surface area contributed by atoms with Crippen LogP contribution in [0.25, 0.3) is 0 Å². The van der Waals surface area contributed by atoms with Crippen LogP contribution in [0.4, 0.5) is 39.5 Å². The average molecular weight is 468 g/mol. The summed E-state index contributed by atoms with van der Waals surface area (Å²) < 4.78 is 124. The molecule has 0 radical (unpaired) electrons. The molecule has 4 N–H and O–H groups in total. The van der Waals surface area contributed by atoms with Crippen LogP contribution in [-0.4, -0.2) is 88.3 Å². The van der Waals surface area contributed by atoms with Crippen LogP contribution >= 0.6 is 0 Å². The Morgan fingerprint density at radius 3 is 1.80 bits per heavy atom. The zero-order valence-electron chi connectivity index (χ0n) is 15.1. The normalized spacial score (nSPS) is 29.3. The number of hydrogen-bond donors (Lipinski definition) is 4. The molecule has 0 aromatic carbocycles. The Morgan fingerprint density at radius 1 is 0.733 bits per heavy atom. The number of ether oxygens (including phenoxy) is 2.